The average molecular weight is 425 g/mol. The molecule has 1 aliphatic rings. The fraction of sp³-hybridized carbons (Fsp3) is 0.192. The molecule has 160 valence electrons. The molecule has 0 saturated carbocycles. The molecule has 3 aromatic carbocycles. The average Bonchev–Trinajstić information content (AvgIpc) is 2.80. The van der Waals surface area contributed by atoms with Gasteiger partial charge in [-0.3, -0.25) is 14.4 Å². The quantitative estimate of drug-likeness (QED) is 0.373. The lowest BCUT2D eigenvalue weighted by Crippen LogP contribution is -2.52. The van der Waals surface area contributed by atoms with Crippen LogP contribution in [0.2, 0.25) is 0 Å². The maximum atomic E-state index is 12.8. The number of aromatic nitrogens is 2. The molecule has 2 heterocycles. The van der Waals surface area contributed by atoms with E-state index in [1.54, 1.807) is 16.5 Å². The van der Waals surface area contributed by atoms with Crippen LogP contribution in [0.4, 0.5) is 0 Å². The van der Waals surface area contributed by atoms with Gasteiger partial charge in [0, 0.05) is 32.6 Å². The standard InChI is InChI=1S/C26H23N3O3/c1-3-24(30)28-14-17(15-28)16-29-22-12-11-19(13-23(22)27(2)25(31)26(29)32)21-10-6-8-18-7-4-5-9-20(18)21/h3-13,17H,1,14-16H2,2H3. The van der Waals surface area contributed by atoms with Crippen LogP contribution in [0.25, 0.3) is 32.9 Å². The minimum atomic E-state index is -0.550. The number of carbonyl (C=O) groups excluding carboxylic acids is 1. The van der Waals surface area contributed by atoms with Crippen molar-refractivity contribution in [2.45, 2.75) is 6.54 Å². The summed E-state index contributed by atoms with van der Waals surface area (Å²) in [5, 5.41) is 2.28. The molecule has 0 aliphatic carbocycles. The Balaban J connectivity index is 1.60. The van der Waals surface area contributed by atoms with Crippen molar-refractivity contribution in [2.75, 3.05) is 13.1 Å². The molecule has 0 unspecified atom stereocenters. The maximum Gasteiger partial charge on any atom is 0.316 e. The molecule has 1 saturated heterocycles. The van der Waals surface area contributed by atoms with Crippen LogP contribution < -0.4 is 11.1 Å². The second-order valence-electron chi connectivity index (χ2n) is 8.32. The Morgan fingerprint density at radius 1 is 1.00 bits per heavy atom. The second kappa shape index (κ2) is 7.64. The van der Waals surface area contributed by atoms with Crippen molar-refractivity contribution >= 4 is 27.7 Å². The first-order chi connectivity index (χ1) is 15.5. The zero-order valence-electron chi connectivity index (χ0n) is 17.8. The van der Waals surface area contributed by atoms with E-state index < -0.39 is 11.1 Å². The van der Waals surface area contributed by atoms with Crippen LogP contribution in [0.1, 0.15) is 0 Å². The minimum absolute atomic E-state index is 0.109. The van der Waals surface area contributed by atoms with Gasteiger partial charge in [-0.05, 0) is 40.1 Å². The molecule has 1 aromatic heterocycles. The van der Waals surface area contributed by atoms with Gasteiger partial charge in [0.1, 0.15) is 0 Å². The van der Waals surface area contributed by atoms with Crippen LogP contribution in [-0.4, -0.2) is 33.0 Å². The van der Waals surface area contributed by atoms with Crippen LogP contribution in [0.3, 0.4) is 0 Å². The molecule has 4 aromatic rings. The van der Waals surface area contributed by atoms with Gasteiger partial charge in [0.05, 0.1) is 11.0 Å². The Kier molecular flexibility index (Phi) is 4.78. The summed E-state index contributed by atoms with van der Waals surface area (Å²) >= 11 is 0. The van der Waals surface area contributed by atoms with Gasteiger partial charge in [-0.15, -0.1) is 0 Å². The van der Waals surface area contributed by atoms with Crippen molar-refractivity contribution in [3.63, 3.8) is 0 Å². The molecule has 0 bridgehead atoms. The van der Waals surface area contributed by atoms with Gasteiger partial charge in [0.25, 0.3) is 0 Å². The normalized spacial score (nSPS) is 14.0. The Hall–Kier alpha value is -3.93. The predicted octanol–water partition coefficient (Wildman–Crippen LogP) is 3.16. The highest BCUT2D eigenvalue weighted by atomic mass is 16.2. The van der Waals surface area contributed by atoms with Crippen LogP contribution in [0.15, 0.2) is 82.9 Å². The molecule has 1 amide bonds. The molecule has 0 spiro atoms. The molecule has 1 fully saturated rings. The molecular formula is C26H23N3O3. The van der Waals surface area contributed by atoms with Crippen LogP contribution in [0, 0.1) is 5.92 Å². The van der Waals surface area contributed by atoms with E-state index in [1.807, 2.05) is 36.4 Å². The fourth-order valence-electron chi connectivity index (χ4n) is 4.58. The van der Waals surface area contributed by atoms with Crippen LogP contribution in [0.5, 0.6) is 0 Å². The van der Waals surface area contributed by atoms with Gasteiger partial charge in [-0.25, -0.2) is 0 Å². The largest absolute Gasteiger partial charge is 0.338 e. The minimum Gasteiger partial charge on any atom is -0.338 e. The van der Waals surface area contributed by atoms with Crippen molar-refractivity contribution in [1.29, 1.82) is 0 Å². The molecule has 1 aliphatic heterocycles. The molecule has 0 N–H and O–H groups in total. The van der Waals surface area contributed by atoms with Gasteiger partial charge in [0.2, 0.25) is 5.91 Å². The highest BCUT2D eigenvalue weighted by Crippen LogP contribution is 2.30. The SMILES string of the molecule is C=CC(=O)N1CC(Cn2c(=O)c(=O)n(C)c3cc(-c4cccc5ccccc45)ccc32)C1. The summed E-state index contributed by atoms with van der Waals surface area (Å²) in [7, 11) is 1.64. The van der Waals surface area contributed by atoms with E-state index >= 15 is 0 Å². The number of carbonyl (C=O) groups is 1. The molecule has 0 radical (unpaired) electrons. The summed E-state index contributed by atoms with van der Waals surface area (Å²) in [4.78, 5) is 38.9. The first-order valence-electron chi connectivity index (χ1n) is 10.6. The monoisotopic (exact) mass is 425 g/mol. The van der Waals surface area contributed by atoms with E-state index in [4.69, 9.17) is 0 Å². The number of benzene rings is 3. The summed E-state index contributed by atoms with van der Waals surface area (Å²) in [6.45, 7) is 5.03. The summed E-state index contributed by atoms with van der Waals surface area (Å²) in [5.74, 6) is 0.0202. The first kappa shape index (κ1) is 20.0. The fourth-order valence-corrected chi connectivity index (χ4v) is 4.58. The smallest absolute Gasteiger partial charge is 0.316 e. The number of rotatable bonds is 4. The van der Waals surface area contributed by atoms with E-state index in [0.717, 1.165) is 27.4 Å². The lowest BCUT2D eigenvalue weighted by Gasteiger charge is -2.39. The number of fused-ring (bicyclic) bond motifs is 2. The van der Waals surface area contributed by atoms with Gasteiger partial charge in [-0.1, -0.05) is 55.1 Å². The van der Waals surface area contributed by atoms with E-state index in [2.05, 4.69) is 30.8 Å². The number of nitrogens with zero attached hydrogens (tertiary/aromatic N) is 3. The highest BCUT2D eigenvalue weighted by molar-refractivity contribution is 5.98. The number of hydrogen-bond donors (Lipinski definition) is 0. The molecule has 32 heavy (non-hydrogen) atoms. The third kappa shape index (κ3) is 3.15. The van der Waals surface area contributed by atoms with Crippen molar-refractivity contribution < 1.29 is 4.79 Å². The summed E-state index contributed by atoms with van der Waals surface area (Å²) in [6, 6.07) is 20.2. The topological polar surface area (TPSA) is 64.3 Å². The molecule has 6 heteroatoms. The van der Waals surface area contributed by atoms with E-state index in [0.29, 0.717) is 25.2 Å². The first-order valence-corrected chi connectivity index (χ1v) is 10.6. The Morgan fingerprint density at radius 3 is 2.53 bits per heavy atom. The van der Waals surface area contributed by atoms with E-state index in [9.17, 15) is 14.4 Å². The molecular weight excluding hydrogens is 402 g/mol. The zero-order valence-corrected chi connectivity index (χ0v) is 17.8. The Morgan fingerprint density at radius 2 is 1.75 bits per heavy atom. The molecule has 5 rings (SSSR count). The van der Waals surface area contributed by atoms with Crippen molar-refractivity contribution in [3.05, 3.63) is 94.0 Å². The van der Waals surface area contributed by atoms with Crippen molar-refractivity contribution in [2.24, 2.45) is 13.0 Å². The van der Waals surface area contributed by atoms with Crippen molar-refractivity contribution in [3.8, 4) is 11.1 Å². The predicted molar refractivity (Wildman–Crippen MR) is 127 cm³/mol. The molecule has 0 atom stereocenters. The lowest BCUT2D eigenvalue weighted by molar-refractivity contribution is -0.132. The summed E-state index contributed by atoms with van der Waals surface area (Å²) in [5.41, 5.74) is 2.40. The zero-order chi connectivity index (χ0) is 22.4. The van der Waals surface area contributed by atoms with Crippen LogP contribution in [-0.2, 0) is 18.4 Å². The van der Waals surface area contributed by atoms with Crippen LogP contribution >= 0.6 is 0 Å². The molecule has 6 nitrogen and oxygen atoms in total. The third-order valence-corrected chi connectivity index (χ3v) is 6.35. The van der Waals surface area contributed by atoms with Crippen molar-refractivity contribution in [1.82, 2.24) is 14.0 Å². The third-order valence-electron chi connectivity index (χ3n) is 6.35. The highest BCUT2D eigenvalue weighted by Gasteiger charge is 2.30. The Bertz CT molecular complexity index is 1500. The Labute approximate surface area is 184 Å². The lowest BCUT2D eigenvalue weighted by atomic mass is 9.97. The van der Waals surface area contributed by atoms with E-state index in [-0.39, 0.29) is 11.8 Å². The number of likely N-dealkylation sites (tertiary alicyclic amines) is 1. The summed E-state index contributed by atoms with van der Waals surface area (Å²) in [6.07, 6.45) is 1.30. The number of amides is 1. The van der Waals surface area contributed by atoms with Gasteiger partial charge >= 0.3 is 11.1 Å². The second-order valence-corrected chi connectivity index (χ2v) is 8.32. The number of hydrogen-bond acceptors (Lipinski definition) is 3. The summed E-state index contributed by atoms with van der Waals surface area (Å²) < 4.78 is 2.99. The maximum absolute atomic E-state index is 12.8. The van der Waals surface area contributed by atoms with Gasteiger partial charge in [-0.2, -0.15) is 0 Å². The van der Waals surface area contributed by atoms with E-state index in [1.165, 1.54) is 10.6 Å². The van der Waals surface area contributed by atoms with Gasteiger partial charge < -0.3 is 14.0 Å². The van der Waals surface area contributed by atoms with Gasteiger partial charge in [0.15, 0.2) is 0 Å². The number of aryl methyl sites for hydroxylation is 1.